The molecule has 0 unspecified atom stereocenters. The molecule has 0 radical (unpaired) electrons. The molecular weight excluding hydrogens is 372 g/mol. The Morgan fingerprint density at radius 3 is 2.93 bits per heavy atom. The van der Waals surface area contributed by atoms with E-state index in [1.165, 1.54) is 53.9 Å². The van der Waals surface area contributed by atoms with Gasteiger partial charge in [-0.3, -0.25) is 0 Å². The van der Waals surface area contributed by atoms with Gasteiger partial charge in [-0.2, -0.15) is 4.98 Å². The average molecular weight is 398 g/mol. The van der Waals surface area contributed by atoms with E-state index in [9.17, 15) is 5.21 Å². The summed E-state index contributed by atoms with van der Waals surface area (Å²) in [6.45, 7) is 5.47. The van der Waals surface area contributed by atoms with Crippen molar-refractivity contribution in [1.82, 2.24) is 9.97 Å². The second-order valence-corrected chi connectivity index (χ2v) is 9.14. The van der Waals surface area contributed by atoms with Gasteiger partial charge in [0.15, 0.2) is 12.0 Å². The zero-order chi connectivity index (χ0) is 19.1. The van der Waals surface area contributed by atoms with Gasteiger partial charge in [0, 0.05) is 10.9 Å². The number of hydrogen-bond donors (Lipinski definition) is 1. The van der Waals surface area contributed by atoms with E-state index in [1.807, 2.05) is 0 Å². The molecule has 28 heavy (non-hydrogen) atoms. The van der Waals surface area contributed by atoms with Crippen molar-refractivity contribution in [2.45, 2.75) is 45.6 Å². The van der Waals surface area contributed by atoms with Crippen LogP contribution < -0.4 is 14.4 Å². The van der Waals surface area contributed by atoms with Crippen molar-refractivity contribution in [2.75, 3.05) is 13.1 Å². The first kappa shape index (κ1) is 17.8. The number of rotatable bonds is 4. The number of likely N-dealkylation sites (tertiary alicyclic amines) is 1. The molecule has 6 nitrogen and oxygen atoms in total. The lowest BCUT2D eigenvalue weighted by Gasteiger charge is -2.26. The van der Waals surface area contributed by atoms with Crippen LogP contribution in [0.4, 0.5) is 0 Å². The molecule has 7 heteroatoms. The van der Waals surface area contributed by atoms with Crippen molar-refractivity contribution >= 4 is 21.6 Å². The average Bonchev–Trinajstić information content (AvgIpc) is 3.26. The minimum atomic E-state index is 0.255. The van der Waals surface area contributed by atoms with E-state index in [0.717, 1.165) is 46.1 Å². The van der Waals surface area contributed by atoms with Crippen molar-refractivity contribution < 1.29 is 14.4 Å². The molecule has 0 bridgehead atoms. The van der Waals surface area contributed by atoms with E-state index in [1.54, 1.807) is 29.5 Å². The van der Waals surface area contributed by atoms with Gasteiger partial charge < -0.3 is 14.8 Å². The first-order chi connectivity index (χ1) is 13.7. The fraction of sp³-hybridized carbons (Fsp3) is 0.476. The Balaban J connectivity index is 1.53. The van der Waals surface area contributed by atoms with E-state index in [0.29, 0.717) is 5.88 Å². The Labute approximate surface area is 168 Å². The predicted molar refractivity (Wildman–Crippen MR) is 108 cm³/mol. The maximum Gasteiger partial charge on any atom is 0.386 e. The molecule has 3 aromatic rings. The maximum atomic E-state index is 12.1. The SMILES string of the molecule is CC1CC[NH+](Cc2nc(Oc3cccc[n+]3[O-])c3c4c(sc3n2)CCC4)CC1. The summed E-state index contributed by atoms with van der Waals surface area (Å²) in [5, 5.41) is 13.1. The largest absolute Gasteiger partial charge is 0.616 e. The van der Waals surface area contributed by atoms with Crippen LogP contribution in [0, 0.1) is 11.1 Å². The van der Waals surface area contributed by atoms with Crippen LogP contribution >= 0.6 is 11.3 Å². The summed E-state index contributed by atoms with van der Waals surface area (Å²) in [6.07, 6.45) is 7.28. The lowest BCUT2D eigenvalue weighted by molar-refractivity contribution is -0.920. The van der Waals surface area contributed by atoms with E-state index in [4.69, 9.17) is 14.7 Å². The molecular formula is C21H25N4O2S+. The molecule has 0 atom stereocenters. The normalized spacial score (nSPS) is 21.8. The number of nitrogens with zero attached hydrogens (tertiary/aromatic N) is 3. The molecule has 1 aliphatic heterocycles. The predicted octanol–water partition coefficient (Wildman–Crippen LogP) is 2.42. The smallest absolute Gasteiger partial charge is 0.386 e. The Hall–Kier alpha value is -2.25. The highest BCUT2D eigenvalue weighted by Gasteiger charge is 2.26. The zero-order valence-corrected chi connectivity index (χ0v) is 16.9. The summed E-state index contributed by atoms with van der Waals surface area (Å²) >= 11 is 1.77. The van der Waals surface area contributed by atoms with Crippen LogP contribution in [-0.2, 0) is 19.4 Å². The number of thiophene rings is 1. The van der Waals surface area contributed by atoms with Crippen LogP contribution in [0.5, 0.6) is 11.8 Å². The van der Waals surface area contributed by atoms with Crippen molar-refractivity contribution in [3.63, 3.8) is 0 Å². The molecule has 3 aromatic heterocycles. The molecule has 4 heterocycles. The van der Waals surface area contributed by atoms with Crippen molar-refractivity contribution in [3.8, 4) is 11.8 Å². The number of quaternary nitrogens is 1. The molecule has 146 valence electrons. The third kappa shape index (κ3) is 3.33. The Kier molecular flexibility index (Phi) is 4.64. The van der Waals surface area contributed by atoms with Crippen LogP contribution in [0.25, 0.3) is 10.2 Å². The van der Waals surface area contributed by atoms with Gasteiger partial charge in [-0.15, -0.1) is 16.1 Å². The molecule has 5 rings (SSSR count). The number of hydrogen-bond acceptors (Lipinski definition) is 5. The molecule has 0 amide bonds. The first-order valence-electron chi connectivity index (χ1n) is 10.2. The molecule has 1 aliphatic carbocycles. The van der Waals surface area contributed by atoms with Gasteiger partial charge in [0.2, 0.25) is 5.88 Å². The van der Waals surface area contributed by atoms with Crippen molar-refractivity contribution in [2.24, 2.45) is 5.92 Å². The standard InChI is InChI=1S/C21H24N4O2S/c1-14-8-11-24(12-9-14)13-17-22-20(27-18-7-2-3-10-25(18)26)19-15-5-4-6-16(15)28-21(19)23-17/h2-3,7,10,14H,4-6,8-9,11-13H2,1H3/p+1. The molecule has 2 aliphatic rings. The number of ether oxygens (including phenoxy) is 1. The summed E-state index contributed by atoms with van der Waals surface area (Å²) in [4.78, 5) is 13.6. The minimum Gasteiger partial charge on any atom is -0.616 e. The monoisotopic (exact) mass is 397 g/mol. The Morgan fingerprint density at radius 1 is 1.25 bits per heavy atom. The van der Waals surface area contributed by atoms with Gasteiger partial charge in [0.05, 0.1) is 24.5 Å². The summed E-state index contributed by atoms with van der Waals surface area (Å²) in [5.74, 6) is 2.43. The van der Waals surface area contributed by atoms with E-state index < -0.39 is 0 Å². The lowest BCUT2D eigenvalue weighted by atomic mass is 9.99. The number of aromatic nitrogens is 3. The number of piperidine rings is 1. The van der Waals surface area contributed by atoms with Gasteiger partial charge in [0.25, 0.3) is 0 Å². The summed E-state index contributed by atoms with van der Waals surface area (Å²) in [5.41, 5.74) is 1.31. The highest BCUT2D eigenvalue weighted by atomic mass is 32.1. The van der Waals surface area contributed by atoms with Gasteiger partial charge in [-0.05, 0) is 49.7 Å². The molecule has 1 saturated heterocycles. The number of pyridine rings is 1. The Bertz CT molecular complexity index is 1010. The second kappa shape index (κ2) is 7.29. The molecule has 0 spiro atoms. The summed E-state index contributed by atoms with van der Waals surface area (Å²) < 4.78 is 6.80. The quantitative estimate of drug-likeness (QED) is 0.542. The highest BCUT2D eigenvalue weighted by Crippen LogP contribution is 2.41. The molecule has 0 aromatic carbocycles. The maximum absolute atomic E-state index is 12.1. The molecule has 0 saturated carbocycles. The van der Waals surface area contributed by atoms with Crippen LogP contribution in [0.3, 0.4) is 0 Å². The lowest BCUT2D eigenvalue weighted by Crippen LogP contribution is -3.11. The summed E-state index contributed by atoms with van der Waals surface area (Å²) in [7, 11) is 0. The van der Waals surface area contributed by atoms with Crippen LogP contribution in [0.2, 0.25) is 0 Å². The second-order valence-electron chi connectivity index (χ2n) is 8.06. The zero-order valence-electron chi connectivity index (χ0n) is 16.1. The third-order valence-corrected chi connectivity index (χ3v) is 7.14. The fourth-order valence-electron chi connectivity index (χ4n) is 4.32. The molecule has 1 fully saturated rings. The van der Waals surface area contributed by atoms with Gasteiger partial charge in [-0.25, -0.2) is 4.98 Å². The van der Waals surface area contributed by atoms with Crippen molar-refractivity contribution in [1.29, 1.82) is 0 Å². The molecule has 1 N–H and O–H groups in total. The number of nitrogens with one attached hydrogen (secondary N) is 1. The van der Waals surface area contributed by atoms with Crippen LogP contribution in [0.1, 0.15) is 42.5 Å². The number of fused-ring (bicyclic) bond motifs is 3. The van der Waals surface area contributed by atoms with E-state index >= 15 is 0 Å². The van der Waals surface area contributed by atoms with E-state index in [2.05, 4.69) is 6.92 Å². The fourth-order valence-corrected chi connectivity index (χ4v) is 5.59. The van der Waals surface area contributed by atoms with Gasteiger partial charge in [0.1, 0.15) is 11.4 Å². The number of aryl methyl sites for hydroxylation is 2. The minimum absolute atomic E-state index is 0.255. The third-order valence-electron chi connectivity index (χ3n) is 5.96. The topological polar surface area (TPSA) is 66.4 Å². The van der Waals surface area contributed by atoms with Crippen LogP contribution in [0.15, 0.2) is 24.4 Å². The van der Waals surface area contributed by atoms with E-state index in [-0.39, 0.29) is 5.88 Å². The van der Waals surface area contributed by atoms with Gasteiger partial charge in [-0.1, -0.05) is 6.92 Å². The van der Waals surface area contributed by atoms with Gasteiger partial charge >= 0.3 is 5.88 Å². The van der Waals surface area contributed by atoms with Crippen LogP contribution in [-0.4, -0.2) is 23.1 Å². The Morgan fingerprint density at radius 2 is 2.11 bits per heavy atom. The first-order valence-corrected chi connectivity index (χ1v) is 11.0. The van der Waals surface area contributed by atoms with Crippen molar-refractivity contribution in [3.05, 3.63) is 45.9 Å². The highest BCUT2D eigenvalue weighted by molar-refractivity contribution is 7.19. The summed E-state index contributed by atoms with van der Waals surface area (Å²) in [6, 6.07) is 5.19.